The molecule has 0 heterocycles. The van der Waals surface area contributed by atoms with Gasteiger partial charge >= 0.3 is 12.7 Å². The van der Waals surface area contributed by atoms with E-state index >= 15 is 0 Å². The van der Waals surface area contributed by atoms with Gasteiger partial charge in [0.15, 0.2) is 0 Å². The number of hydrogen-bond donors (Lipinski definition) is 1. The Hall–Kier alpha value is -2.70. The van der Waals surface area contributed by atoms with Crippen molar-refractivity contribution in [1.82, 2.24) is 0 Å². The number of nitrogens with one attached hydrogen (secondary N) is 1. The van der Waals surface area contributed by atoms with Crippen molar-refractivity contribution < 1.29 is 27.4 Å². The van der Waals surface area contributed by atoms with Crippen molar-refractivity contribution in [2.45, 2.75) is 33.5 Å². The van der Waals surface area contributed by atoms with E-state index in [1.807, 2.05) is 32.0 Å². The van der Waals surface area contributed by atoms with Crippen LogP contribution >= 0.6 is 0 Å². The van der Waals surface area contributed by atoms with Gasteiger partial charge < -0.3 is 9.47 Å². The molecule has 2 aromatic rings. The number of aryl methyl sites for hydroxylation is 2. The maximum atomic E-state index is 13.4. The summed E-state index contributed by atoms with van der Waals surface area (Å²) in [4.78, 5) is 11.3. The Labute approximate surface area is 143 Å². The largest absolute Gasteiger partial charge is 0.489 e. The van der Waals surface area contributed by atoms with Gasteiger partial charge in [0.2, 0.25) is 0 Å². The van der Waals surface area contributed by atoms with E-state index in [-0.39, 0.29) is 12.3 Å². The van der Waals surface area contributed by atoms with E-state index in [4.69, 9.17) is 4.74 Å². The maximum absolute atomic E-state index is 13.4. The highest BCUT2D eigenvalue weighted by Gasteiger charge is 2.14. The third-order valence-corrected chi connectivity index (χ3v) is 3.54. The van der Waals surface area contributed by atoms with Gasteiger partial charge in [0, 0.05) is 5.56 Å². The zero-order chi connectivity index (χ0) is 18.4. The number of benzene rings is 2. The number of amides is 1. The zero-order valence-electron chi connectivity index (χ0n) is 13.8. The third-order valence-electron chi connectivity index (χ3n) is 3.54. The fourth-order valence-electron chi connectivity index (χ4n) is 2.26. The molecular weight excluding hydrogens is 335 g/mol. The number of halogens is 3. The molecule has 134 valence electrons. The van der Waals surface area contributed by atoms with Crippen molar-refractivity contribution in [3.05, 3.63) is 58.9 Å². The second kappa shape index (κ2) is 8.41. The fraction of sp³-hybridized carbons (Fsp3) is 0.278. The van der Waals surface area contributed by atoms with E-state index in [1.165, 1.54) is 17.7 Å². The van der Waals surface area contributed by atoms with E-state index in [0.717, 1.165) is 18.1 Å². The Morgan fingerprint density at radius 2 is 1.96 bits per heavy atom. The van der Waals surface area contributed by atoms with Gasteiger partial charge in [-0.25, -0.2) is 9.18 Å². The second-order valence-corrected chi connectivity index (χ2v) is 5.33. The van der Waals surface area contributed by atoms with Crippen LogP contribution in [0.25, 0.3) is 0 Å². The molecule has 0 unspecified atom stereocenters. The normalized spacial score (nSPS) is 10.6. The van der Waals surface area contributed by atoms with Crippen LogP contribution in [0.1, 0.15) is 23.6 Å². The molecule has 0 bridgehead atoms. The van der Waals surface area contributed by atoms with Crippen LogP contribution in [0.2, 0.25) is 0 Å². The predicted molar refractivity (Wildman–Crippen MR) is 87.4 cm³/mol. The average molecular weight is 353 g/mol. The number of carbonyl (C=O) groups excluding carboxylic acids is 1. The van der Waals surface area contributed by atoms with Gasteiger partial charge in [-0.1, -0.05) is 25.1 Å². The van der Waals surface area contributed by atoms with Crippen molar-refractivity contribution in [1.29, 1.82) is 0 Å². The van der Waals surface area contributed by atoms with Crippen LogP contribution in [-0.2, 0) is 17.8 Å². The van der Waals surface area contributed by atoms with Crippen molar-refractivity contribution in [3.8, 4) is 5.75 Å². The minimum Gasteiger partial charge on any atom is -0.489 e. The van der Waals surface area contributed by atoms with Crippen LogP contribution in [0.5, 0.6) is 5.75 Å². The first-order chi connectivity index (χ1) is 11.9. The molecule has 2 aromatic carbocycles. The first-order valence-electron chi connectivity index (χ1n) is 7.65. The molecule has 25 heavy (non-hydrogen) atoms. The summed E-state index contributed by atoms with van der Waals surface area (Å²) in [6.07, 6.45) is -0.468. The molecule has 1 N–H and O–H groups in total. The Morgan fingerprint density at radius 3 is 2.60 bits per heavy atom. The molecule has 0 radical (unpaired) electrons. The second-order valence-electron chi connectivity index (χ2n) is 5.33. The average Bonchev–Trinajstić information content (AvgIpc) is 2.54. The van der Waals surface area contributed by atoms with E-state index in [1.54, 1.807) is 0 Å². The fourth-order valence-corrected chi connectivity index (χ4v) is 2.26. The van der Waals surface area contributed by atoms with Crippen molar-refractivity contribution in [2.75, 3.05) is 5.32 Å². The smallest absolute Gasteiger partial charge is 0.416 e. The molecule has 1 amide bonds. The quantitative estimate of drug-likeness (QED) is 0.791. The van der Waals surface area contributed by atoms with Gasteiger partial charge in [-0.05, 0) is 42.7 Å². The minimum absolute atomic E-state index is 0.00785. The lowest BCUT2D eigenvalue weighted by molar-refractivity contribution is -0.0766. The van der Waals surface area contributed by atoms with Crippen molar-refractivity contribution >= 4 is 11.8 Å². The number of alkyl halides is 2. The Kier molecular flexibility index (Phi) is 6.27. The molecule has 7 heteroatoms. The summed E-state index contributed by atoms with van der Waals surface area (Å²) in [5.74, 6) is 0.0159. The van der Waals surface area contributed by atoms with Crippen LogP contribution in [0.4, 0.5) is 23.7 Å². The zero-order valence-corrected chi connectivity index (χ0v) is 13.8. The number of ether oxygens (including phenoxy) is 2. The molecule has 2 rings (SSSR count). The highest BCUT2D eigenvalue weighted by atomic mass is 19.3. The van der Waals surface area contributed by atoms with Crippen LogP contribution in [0, 0.1) is 12.7 Å². The topological polar surface area (TPSA) is 47.6 Å². The monoisotopic (exact) mass is 353 g/mol. The molecule has 4 nitrogen and oxygen atoms in total. The molecule has 0 saturated carbocycles. The predicted octanol–water partition coefficient (Wildman–Crippen LogP) is 5.05. The first-order valence-corrected chi connectivity index (χ1v) is 7.65. The van der Waals surface area contributed by atoms with Crippen LogP contribution in [-0.4, -0.2) is 12.7 Å². The Bertz CT molecular complexity index is 750. The van der Waals surface area contributed by atoms with Gasteiger partial charge in [-0.3, -0.25) is 5.32 Å². The van der Waals surface area contributed by atoms with E-state index in [0.29, 0.717) is 11.3 Å². The summed E-state index contributed by atoms with van der Waals surface area (Å²) in [5, 5.41) is 2.09. The first kappa shape index (κ1) is 18.6. The summed E-state index contributed by atoms with van der Waals surface area (Å²) < 4.78 is 46.9. The molecule has 0 fully saturated rings. The van der Waals surface area contributed by atoms with E-state index < -0.39 is 18.5 Å². The molecular formula is C18H18F3NO3. The van der Waals surface area contributed by atoms with Gasteiger partial charge in [-0.2, -0.15) is 8.78 Å². The molecule has 0 aliphatic heterocycles. The third kappa shape index (κ3) is 5.41. The summed E-state index contributed by atoms with van der Waals surface area (Å²) in [7, 11) is 0. The summed E-state index contributed by atoms with van der Waals surface area (Å²) >= 11 is 0. The van der Waals surface area contributed by atoms with Gasteiger partial charge in [0.05, 0.1) is 5.69 Å². The van der Waals surface area contributed by atoms with Crippen LogP contribution in [0.3, 0.4) is 0 Å². The SMILES string of the molecule is CCc1ccc(OCc2ccc(F)cc2NC(=O)OC(F)F)c(C)c1. The van der Waals surface area contributed by atoms with Crippen molar-refractivity contribution in [3.63, 3.8) is 0 Å². The summed E-state index contributed by atoms with van der Waals surface area (Å²) in [5.41, 5.74) is 2.54. The molecule has 0 atom stereocenters. The molecule has 0 aliphatic carbocycles. The van der Waals surface area contributed by atoms with Gasteiger partial charge in [0.1, 0.15) is 18.2 Å². The molecule has 0 spiro atoms. The van der Waals surface area contributed by atoms with E-state index in [2.05, 4.69) is 10.1 Å². The molecule has 0 aliphatic rings. The lowest BCUT2D eigenvalue weighted by Crippen LogP contribution is -2.18. The maximum Gasteiger partial charge on any atom is 0.416 e. The highest BCUT2D eigenvalue weighted by Crippen LogP contribution is 2.24. The lowest BCUT2D eigenvalue weighted by atomic mass is 10.1. The standard InChI is InChI=1S/C18H18F3NO3/c1-3-12-4-7-16(11(2)8-12)24-10-13-5-6-14(19)9-15(13)22-18(23)25-17(20)21/h4-9,17H,3,10H2,1-2H3,(H,22,23). The number of hydrogen-bond acceptors (Lipinski definition) is 3. The number of carbonyl (C=O) groups is 1. The van der Waals surface area contributed by atoms with E-state index in [9.17, 15) is 18.0 Å². The highest BCUT2D eigenvalue weighted by molar-refractivity contribution is 5.85. The number of rotatable bonds is 6. The van der Waals surface area contributed by atoms with Gasteiger partial charge in [-0.15, -0.1) is 0 Å². The Morgan fingerprint density at radius 1 is 1.20 bits per heavy atom. The van der Waals surface area contributed by atoms with Crippen LogP contribution in [0.15, 0.2) is 36.4 Å². The summed E-state index contributed by atoms with van der Waals surface area (Å²) in [6.45, 7) is 0.715. The Balaban J connectivity index is 2.12. The minimum atomic E-state index is -3.26. The summed E-state index contributed by atoms with van der Waals surface area (Å²) in [6, 6.07) is 9.37. The molecule has 0 saturated heterocycles. The molecule has 0 aromatic heterocycles. The van der Waals surface area contributed by atoms with Crippen molar-refractivity contribution in [2.24, 2.45) is 0 Å². The van der Waals surface area contributed by atoms with Gasteiger partial charge in [0.25, 0.3) is 0 Å². The number of anilines is 1. The van der Waals surface area contributed by atoms with Crippen LogP contribution < -0.4 is 10.1 Å². The lowest BCUT2D eigenvalue weighted by Gasteiger charge is -2.14.